The lowest BCUT2D eigenvalue weighted by molar-refractivity contribution is -0.143. The summed E-state index contributed by atoms with van der Waals surface area (Å²) >= 11 is 0. The number of alkyl halides is 3. The van der Waals surface area contributed by atoms with E-state index in [9.17, 15) is 23.1 Å². The van der Waals surface area contributed by atoms with E-state index in [1.165, 1.54) is 4.90 Å². The van der Waals surface area contributed by atoms with Gasteiger partial charge in [-0.05, 0) is 79.5 Å². The Morgan fingerprint density at radius 1 is 1.32 bits per heavy atom. The molecule has 4 atom stereocenters. The highest BCUT2D eigenvalue weighted by molar-refractivity contribution is 5.90. The van der Waals surface area contributed by atoms with Crippen LogP contribution in [-0.4, -0.2) is 66.1 Å². The molecule has 7 nitrogen and oxygen atoms in total. The van der Waals surface area contributed by atoms with Crippen LogP contribution in [0.4, 0.5) is 29.5 Å². The number of pyridine rings is 1. The van der Waals surface area contributed by atoms with Crippen LogP contribution in [0.15, 0.2) is 30.3 Å². The summed E-state index contributed by atoms with van der Waals surface area (Å²) in [6.45, 7) is 5.63. The number of carbonyl (C=O) groups is 1. The zero-order chi connectivity index (χ0) is 26.4. The van der Waals surface area contributed by atoms with Crippen LogP contribution in [0.5, 0.6) is 0 Å². The topological polar surface area (TPSA) is 86.7 Å². The van der Waals surface area contributed by atoms with E-state index in [0.29, 0.717) is 37.0 Å². The molecule has 1 aromatic heterocycles. The number of urea groups is 1. The smallest absolute Gasteiger partial charge is 0.389 e. The number of ether oxygens (including phenoxy) is 1. The highest BCUT2D eigenvalue weighted by Gasteiger charge is 2.60. The van der Waals surface area contributed by atoms with Gasteiger partial charge in [-0.3, -0.25) is 0 Å². The molecule has 1 unspecified atom stereocenters. The molecule has 2 aromatic rings. The number of aryl methyl sites for hydroxylation is 1. The van der Waals surface area contributed by atoms with Gasteiger partial charge in [0.1, 0.15) is 5.82 Å². The molecule has 0 radical (unpaired) electrons. The number of rotatable bonds is 7. The lowest BCUT2D eigenvalue weighted by Crippen LogP contribution is -2.33. The van der Waals surface area contributed by atoms with E-state index in [2.05, 4.69) is 16.7 Å². The number of aliphatic hydroxyl groups is 1. The molecular formula is C27H33F3N4O3. The molecule has 200 valence electrons. The van der Waals surface area contributed by atoms with Gasteiger partial charge in [-0.1, -0.05) is 6.07 Å². The normalized spacial score (nSPS) is 25.6. The predicted octanol–water partition coefficient (Wildman–Crippen LogP) is 4.94. The fourth-order valence-electron chi connectivity index (χ4n) is 5.58. The van der Waals surface area contributed by atoms with Crippen molar-refractivity contribution in [1.82, 2.24) is 9.88 Å². The molecular weight excluding hydrogens is 485 g/mol. The van der Waals surface area contributed by atoms with Gasteiger partial charge < -0.3 is 25.4 Å². The first-order chi connectivity index (χ1) is 17.6. The molecule has 2 amide bonds. The fourth-order valence-corrected chi connectivity index (χ4v) is 5.58. The van der Waals surface area contributed by atoms with Crippen molar-refractivity contribution in [3.05, 3.63) is 41.6 Å². The Balaban J connectivity index is 1.38. The van der Waals surface area contributed by atoms with Crippen molar-refractivity contribution in [2.24, 2.45) is 11.8 Å². The minimum absolute atomic E-state index is 0.0288. The Bertz CT molecular complexity index is 1170. The van der Waals surface area contributed by atoms with Gasteiger partial charge in [0.2, 0.25) is 0 Å². The zero-order valence-corrected chi connectivity index (χ0v) is 21.1. The Hall–Kier alpha value is -2.85. The molecule has 1 saturated carbocycles. The highest BCUT2D eigenvalue weighted by atomic mass is 19.4. The van der Waals surface area contributed by atoms with Gasteiger partial charge in [-0.15, -0.1) is 0 Å². The number of aromatic nitrogens is 1. The van der Waals surface area contributed by atoms with E-state index < -0.39 is 24.5 Å². The number of anilines is 2. The maximum Gasteiger partial charge on any atom is 0.389 e. The molecule has 0 bridgehead atoms. The molecule has 3 aliphatic rings. The Morgan fingerprint density at radius 3 is 2.81 bits per heavy atom. The lowest BCUT2D eigenvalue weighted by Gasteiger charge is -2.20. The maximum absolute atomic E-state index is 12.8. The number of halogens is 3. The summed E-state index contributed by atoms with van der Waals surface area (Å²) in [4.78, 5) is 19.1. The number of fused-ring (bicyclic) bond motifs is 1. The lowest BCUT2D eigenvalue weighted by atomic mass is 9.95. The predicted molar refractivity (Wildman–Crippen MR) is 135 cm³/mol. The van der Waals surface area contributed by atoms with Crippen molar-refractivity contribution < 1.29 is 27.8 Å². The van der Waals surface area contributed by atoms with Crippen molar-refractivity contribution in [2.45, 2.75) is 50.7 Å². The van der Waals surface area contributed by atoms with E-state index in [0.717, 1.165) is 35.4 Å². The van der Waals surface area contributed by atoms with Crippen LogP contribution in [0.1, 0.15) is 37.4 Å². The summed E-state index contributed by atoms with van der Waals surface area (Å²) in [5.74, 6) is 0.571. The number of carbonyl (C=O) groups excluding carboxylic acids is 1. The number of aliphatic hydroxyl groups excluding tert-OH is 1. The molecule has 3 N–H and O–H groups in total. The molecule has 1 aliphatic carbocycles. The molecule has 2 aliphatic heterocycles. The molecule has 3 fully saturated rings. The van der Waals surface area contributed by atoms with Crippen molar-refractivity contribution in [3.63, 3.8) is 0 Å². The van der Waals surface area contributed by atoms with Crippen LogP contribution >= 0.6 is 0 Å². The summed E-state index contributed by atoms with van der Waals surface area (Å²) in [7, 11) is 0. The maximum atomic E-state index is 12.8. The fraction of sp³-hybridized carbons (Fsp3) is 0.556. The van der Waals surface area contributed by atoms with Gasteiger partial charge >= 0.3 is 12.2 Å². The van der Waals surface area contributed by atoms with Gasteiger partial charge in [-0.2, -0.15) is 13.2 Å². The Kier molecular flexibility index (Phi) is 6.83. The van der Waals surface area contributed by atoms with Gasteiger partial charge in [0.05, 0.1) is 25.5 Å². The van der Waals surface area contributed by atoms with Crippen LogP contribution in [0, 0.1) is 18.8 Å². The standard InChI is InChI=1S/C27H33F3N4O3/c1-16-3-4-21(32-25(36)34-6-5-18(12-34)10-27(28,29)30)9-22(16)19-7-23(26-11-20(26)14-37-15-26)33-24(8-19)31-17(2)13-35/h3-4,7-9,17-18,20,35H,5-6,10-15H2,1-2H3,(H,31,33)(H,32,36)/t17?,18-,20+,26+/m0/s1. The van der Waals surface area contributed by atoms with Crippen LogP contribution in [0.3, 0.4) is 0 Å². The second kappa shape index (κ2) is 9.79. The van der Waals surface area contributed by atoms with Crippen molar-refractivity contribution >= 4 is 17.5 Å². The second-order valence-corrected chi connectivity index (χ2v) is 10.8. The number of nitrogens with one attached hydrogen (secondary N) is 2. The highest BCUT2D eigenvalue weighted by Crippen LogP contribution is 2.58. The number of hydrogen-bond donors (Lipinski definition) is 3. The third kappa shape index (κ3) is 5.55. The van der Waals surface area contributed by atoms with Gasteiger partial charge in [0.25, 0.3) is 0 Å². The van der Waals surface area contributed by atoms with Crippen LogP contribution < -0.4 is 10.6 Å². The van der Waals surface area contributed by atoms with Gasteiger partial charge in [-0.25, -0.2) is 9.78 Å². The molecule has 37 heavy (non-hydrogen) atoms. The average Bonchev–Trinajstić information content (AvgIpc) is 3.14. The van der Waals surface area contributed by atoms with Crippen molar-refractivity contribution in [1.29, 1.82) is 0 Å². The van der Waals surface area contributed by atoms with Crippen LogP contribution in [0.25, 0.3) is 11.1 Å². The van der Waals surface area contributed by atoms with E-state index in [4.69, 9.17) is 9.72 Å². The first kappa shape index (κ1) is 25.8. The van der Waals surface area contributed by atoms with Gasteiger partial charge in [0, 0.05) is 36.7 Å². The van der Waals surface area contributed by atoms with E-state index in [-0.39, 0.29) is 24.6 Å². The number of amides is 2. The number of benzene rings is 1. The van der Waals surface area contributed by atoms with Crippen LogP contribution in [0.2, 0.25) is 0 Å². The van der Waals surface area contributed by atoms with Crippen LogP contribution in [-0.2, 0) is 10.2 Å². The molecule has 1 aromatic carbocycles. The second-order valence-electron chi connectivity index (χ2n) is 10.8. The first-order valence-electron chi connectivity index (χ1n) is 12.8. The largest absolute Gasteiger partial charge is 0.394 e. The third-order valence-electron chi connectivity index (χ3n) is 7.81. The summed E-state index contributed by atoms with van der Waals surface area (Å²) in [6.07, 6.45) is -3.70. The van der Waals surface area contributed by atoms with E-state index in [1.54, 1.807) is 6.07 Å². The molecule has 2 saturated heterocycles. The molecule has 5 rings (SSSR count). The molecule has 3 heterocycles. The Morgan fingerprint density at radius 2 is 2.14 bits per heavy atom. The summed E-state index contributed by atoms with van der Waals surface area (Å²) < 4.78 is 44.0. The summed E-state index contributed by atoms with van der Waals surface area (Å²) in [5, 5.41) is 15.7. The number of likely N-dealkylation sites (tertiary alicyclic amines) is 1. The molecule has 0 spiro atoms. The summed E-state index contributed by atoms with van der Waals surface area (Å²) in [6, 6.07) is 9.07. The number of hydrogen-bond acceptors (Lipinski definition) is 5. The molecule has 10 heteroatoms. The monoisotopic (exact) mass is 518 g/mol. The minimum atomic E-state index is -4.22. The SMILES string of the molecule is Cc1ccc(NC(=O)N2CC[C@@H](CC(F)(F)F)C2)cc1-c1cc(NC(C)CO)nc([C@]23COC[C@H]2C3)c1. The quantitative estimate of drug-likeness (QED) is 0.483. The average molecular weight is 519 g/mol. The number of nitrogens with zero attached hydrogens (tertiary/aromatic N) is 2. The first-order valence-corrected chi connectivity index (χ1v) is 12.8. The zero-order valence-electron chi connectivity index (χ0n) is 21.1. The van der Waals surface area contributed by atoms with E-state index in [1.807, 2.05) is 32.0 Å². The van der Waals surface area contributed by atoms with Crippen molar-refractivity contribution in [3.8, 4) is 11.1 Å². The minimum Gasteiger partial charge on any atom is -0.394 e. The van der Waals surface area contributed by atoms with E-state index >= 15 is 0 Å². The third-order valence-corrected chi connectivity index (χ3v) is 7.81. The van der Waals surface area contributed by atoms with Gasteiger partial charge in [0.15, 0.2) is 0 Å². The van der Waals surface area contributed by atoms with Crippen molar-refractivity contribution in [2.75, 3.05) is 43.5 Å². The summed E-state index contributed by atoms with van der Waals surface area (Å²) in [5.41, 5.74) is 4.33. The Labute approximate surface area is 214 Å².